The number of thioether (sulfide) groups is 1. The van der Waals surface area contributed by atoms with Crippen LogP contribution in [0, 0.1) is 0 Å². The molecule has 0 N–H and O–H groups in total. The third kappa shape index (κ3) is 3.39. The molecule has 3 rings (SSSR count). The molecule has 0 spiro atoms. The lowest BCUT2D eigenvalue weighted by atomic mass is 10.2. The summed E-state index contributed by atoms with van der Waals surface area (Å²) in [5, 5.41) is 1.13. The van der Waals surface area contributed by atoms with Gasteiger partial charge < -0.3 is 4.74 Å². The van der Waals surface area contributed by atoms with Crippen molar-refractivity contribution in [3.05, 3.63) is 54.1 Å². The van der Waals surface area contributed by atoms with Crippen LogP contribution in [0.25, 0.3) is 10.9 Å². The highest BCUT2D eigenvalue weighted by Crippen LogP contribution is 2.34. The third-order valence-corrected chi connectivity index (χ3v) is 3.65. The average molecular weight is 336 g/mol. The van der Waals surface area contributed by atoms with Crippen molar-refractivity contribution in [1.29, 1.82) is 0 Å². The molecule has 0 aliphatic rings. The Morgan fingerprint density at radius 2 is 1.78 bits per heavy atom. The van der Waals surface area contributed by atoms with Gasteiger partial charge in [-0.05, 0) is 36.6 Å². The highest BCUT2D eigenvalue weighted by molar-refractivity contribution is 7.98. The Bertz CT molecular complexity index is 852. The molecule has 1 aromatic heterocycles. The second kappa shape index (κ2) is 6.08. The fourth-order valence-corrected chi connectivity index (χ4v) is 2.41. The predicted molar refractivity (Wildman–Crippen MR) is 82.8 cm³/mol. The van der Waals surface area contributed by atoms with E-state index in [4.69, 9.17) is 4.74 Å². The zero-order valence-corrected chi connectivity index (χ0v) is 12.8. The highest BCUT2D eigenvalue weighted by atomic mass is 32.2. The molecule has 23 heavy (non-hydrogen) atoms. The molecular weight excluding hydrogens is 325 g/mol. The van der Waals surface area contributed by atoms with E-state index < -0.39 is 11.7 Å². The first kappa shape index (κ1) is 15.6. The van der Waals surface area contributed by atoms with E-state index in [0.717, 1.165) is 12.1 Å². The van der Waals surface area contributed by atoms with Gasteiger partial charge in [0.2, 0.25) is 5.88 Å². The third-order valence-electron chi connectivity index (χ3n) is 3.11. The molecule has 0 amide bonds. The Morgan fingerprint density at radius 3 is 2.52 bits per heavy atom. The minimum atomic E-state index is -4.42. The SMILES string of the molecule is CSc1nc(Oc2cccc(C(F)(F)F)c2)c2ccccc2n1. The number of alkyl halides is 3. The van der Waals surface area contributed by atoms with Crippen LogP contribution < -0.4 is 4.74 Å². The standard InChI is InChI=1S/C16H11F3N2OS/c1-23-15-20-13-8-3-2-7-12(13)14(21-15)22-11-6-4-5-10(9-11)16(17,18)19/h2-9H,1H3. The van der Waals surface area contributed by atoms with Crippen LogP contribution in [0.2, 0.25) is 0 Å². The molecule has 7 heteroatoms. The highest BCUT2D eigenvalue weighted by Gasteiger charge is 2.30. The van der Waals surface area contributed by atoms with Gasteiger partial charge in [0.1, 0.15) is 5.75 Å². The number of hydrogen-bond donors (Lipinski definition) is 0. The van der Waals surface area contributed by atoms with Gasteiger partial charge in [-0.25, -0.2) is 4.98 Å². The van der Waals surface area contributed by atoms with Gasteiger partial charge in [0.05, 0.1) is 16.5 Å². The smallest absolute Gasteiger partial charge is 0.416 e. The second-order valence-electron chi connectivity index (χ2n) is 4.66. The summed E-state index contributed by atoms with van der Waals surface area (Å²) >= 11 is 1.33. The molecule has 0 radical (unpaired) electrons. The number of fused-ring (bicyclic) bond motifs is 1. The molecule has 1 heterocycles. The van der Waals surface area contributed by atoms with E-state index >= 15 is 0 Å². The summed E-state index contributed by atoms with van der Waals surface area (Å²) in [6.45, 7) is 0. The van der Waals surface area contributed by atoms with E-state index in [-0.39, 0.29) is 11.6 Å². The van der Waals surface area contributed by atoms with Crippen LogP contribution in [-0.4, -0.2) is 16.2 Å². The van der Waals surface area contributed by atoms with Gasteiger partial charge in [-0.15, -0.1) is 0 Å². The number of nitrogens with zero attached hydrogens (tertiary/aromatic N) is 2. The van der Waals surface area contributed by atoms with Crippen LogP contribution in [-0.2, 0) is 6.18 Å². The first-order valence-electron chi connectivity index (χ1n) is 6.63. The van der Waals surface area contributed by atoms with E-state index in [9.17, 15) is 13.2 Å². The Morgan fingerprint density at radius 1 is 1.00 bits per heavy atom. The number of para-hydroxylation sites is 1. The molecular formula is C16H11F3N2OS. The van der Waals surface area contributed by atoms with E-state index in [1.165, 1.54) is 23.9 Å². The van der Waals surface area contributed by atoms with Gasteiger partial charge in [-0.1, -0.05) is 30.0 Å². The largest absolute Gasteiger partial charge is 0.438 e. The molecule has 3 aromatic rings. The van der Waals surface area contributed by atoms with Crippen molar-refractivity contribution < 1.29 is 17.9 Å². The van der Waals surface area contributed by atoms with Crippen molar-refractivity contribution in [3.63, 3.8) is 0 Å². The summed E-state index contributed by atoms with van der Waals surface area (Å²) in [7, 11) is 0. The van der Waals surface area contributed by atoms with Crippen LogP contribution in [0.1, 0.15) is 5.56 Å². The Labute approximate surface area is 134 Å². The fourth-order valence-electron chi connectivity index (χ4n) is 2.04. The maximum Gasteiger partial charge on any atom is 0.416 e. The lowest BCUT2D eigenvalue weighted by molar-refractivity contribution is -0.137. The first-order chi connectivity index (χ1) is 11.0. The van der Waals surface area contributed by atoms with Crippen molar-refractivity contribution in [2.45, 2.75) is 11.3 Å². The first-order valence-corrected chi connectivity index (χ1v) is 7.86. The lowest BCUT2D eigenvalue weighted by Crippen LogP contribution is -2.04. The molecule has 0 unspecified atom stereocenters. The molecule has 3 nitrogen and oxygen atoms in total. The molecule has 118 valence electrons. The summed E-state index contributed by atoms with van der Waals surface area (Å²) in [6, 6.07) is 11.9. The second-order valence-corrected chi connectivity index (χ2v) is 5.43. The number of ether oxygens (including phenoxy) is 1. The molecule has 0 fully saturated rings. The summed E-state index contributed by atoms with van der Waals surface area (Å²) < 4.78 is 44.0. The summed E-state index contributed by atoms with van der Waals surface area (Å²) in [4.78, 5) is 8.60. The lowest BCUT2D eigenvalue weighted by Gasteiger charge is -2.11. The summed E-state index contributed by atoms with van der Waals surface area (Å²) in [5.74, 6) is 0.315. The molecule has 0 aliphatic carbocycles. The number of benzene rings is 2. The zero-order valence-electron chi connectivity index (χ0n) is 12.0. The molecule has 0 saturated carbocycles. The molecule has 0 atom stereocenters. The van der Waals surface area contributed by atoms with Crippen molar-refractivity contribution in [2.24, 2.45) is 0 Å². The maximum atomic E-state index is 12.8. The minimum absolute atomic E-state index is 0.0794. The molecule has 0 bridgehead atoms. The fraction of sp³-hybridized carbons (Fsp3) is 0.125. The number of rotatable bonds is 3. The van der Waals surface area contributed by atoms with Crippen molar-refractivity contribution in [1.82, 2.24) is 9.97 Å². The monoisotopic (exact) mass is 336 g/mol. The van der Waals surface area contributed by atoms with Gasteiger partial charge >= 0.3 is 6.18 Å². The summed E-state index contributed by atoms with van der Waals surface area (Å²) in [5.41, 5.74) is -0.0905. The number of hydrogen-bond acceptors (Lipinski definition) is 4. The van der Waals surface area contributed by atoms with E-state index in [1.807, 2.05) is 12.3 Å². The number of halogens is 3. The average Bonchev–Trinajstić information content (AvgIpc) is 2.54. The topological polar surface area (TPSA) is 35.0 Å². The van der Waals surface area contributed by atoms with Crippen LogP contribution in [0.5, 0.6) is 11.6 Å². The Hall–Kier alpha value is -2.28. The van der Waals surface area contributed by atoms with Crippen LogP contribution >= 0.6 is 11.8 Å². The Kier molecular flexibility index (Phi) is 4.12. The van der Waals surface area contributed by atoms with Gasteiger partial charge in [0.25, 0.3) is 0 Å². The predicted octanol–water partition coefficient (Wildman–Crippen LogP) is 5.16. The van der Waals surface area contributed by atoms with Crippen LogP contribution in [0.3, 0.4) is 0 Å². The van der Waals surface area contributed by atoms with Gasteiger partial charge in [-0.3, -0.25) is 0 Å². The summed E-state index contributed by atoms with van der Waals surface area (Å²) in [6.07, 6.45) is -2.60. The van der Waals surface area contributed by atoms with Crippen molar-refractivity contribution in [3.8, 4) is 11.6 Å². The van der Waals surface area contributed by atoms with Crippen LogP contribution in [0.4, 0.5) is 13.2 Å². The number of aromatic nitrogens is 2. The molecule has 0 saturated heterocycles. The van der Waals surface area contributed by atoms with E-state index in [1.54, 1.807) is 18.2 Å². The van der Waals surface area contributed by atoms with Gasteiger partial charge in [0, 0.05) is 0 Å². The maximum absolute atomic E-state index is 12.8. The van der Waals surface area contributed by atoms with E-state index in [0.29, 0.717) is 16.1 Å². The van der Waals surface area contributed by atoms with Gasteiger partial charge in [-0.2, -0.15) is 18.2 Å². The minimum Gasteiger partial charge on any atom is -0.438 e. The van der Waals surface area contributed by atoms with Crippen LogP contribution in [0.15, 0.2) is 53.7 Å². The van der Waals surface area contributed by atoms with Crippen molar-refractivity contribution >= 4 is 22.7 Å². The zero-order chi connectivity index (χ0) is 16.4. The van der Waals surface area contributed by atoms with Crippen molar-refractivity contribution in [2.75, 3.05) is 6.26 Å². The quantitative estimate of drug-likeness (QED) is 0.489. The van der Waals surface area contributed by atoms with E-state index in [2.05, 4.69) is 9.97 Å². The molecule has 0 aliphatic heterocycles. The Balaban J connectivity index is 2.05. The molecule has 2 aromatic carbocycles. The normalized spacial score (nSPS) is 11.7. The van der Waals surface area contributed by atoms with Gasteiger partial charge in [0.15, 0.2) is 5.16 Å².